The summed E-state index contributed by atoms with van der Waals surface area (Å²) < 4.78 is 5.46. The first-order valence-electron chi connectivity index (χ1n) is 9.55. The van der Waals surface area contributed by atoms with Gasteiger partial charge >= 0.3 is 0 Å². The molecule has 4 rings (SSSR count). The normalized spacial score (nSPS) is 14.4. The molecule has 2 heteroatoms. The van der Waals surface area contributed by atoms with Crippen LogP contribution in [-0.4, -0.2) is 13.4 Å². The highest BCUT2D eigenvalue weighted by atomic mass is 16.5. The summed E-state index contributed by atoms with van der Waals surface area (Å²) in [6.07, 6.45) is 6.09. The van der Waals surface area contributed by atoms with Crippen LogP contribution in [0.1, 0.15) is 46.5 Å². The second-order valence-corrected chi connectivity index (χ2v) is 8.01. The van der Waals surface area contributed by atoms with Crippen LogP contribution < -0.4 is 4.74 Å². The van der Waals surface area contributed by atoms with E-state index in [9.17, 15) is 4.79 Å². The van der Waals surface area contributed by atoms with Crippen LogP contribution in [0, 0.1) is 0 Å². The Hall–Kier alpha value is -3.13. The average Bonchev–Trinajstić information content (AvgIpc) is 2.72. The molecule has 0 saturated heterocycles. The molecule has 0 unspecified atom stereocenters. The van der Waals surface area contributed by atoms with E-state index >= 15 is 0 Å². The van der Waals surface area contributed by atoms with Crippen molar-refractivity contribution in [2.75, 3.05) is 7.11 Å². The molecule has 0 amide bonds. The predicted molar refractivity (Wildman–Crippen MR) is 116 cm³/mol. The molecule has 2 nitrogen and oxygen atoms in total. The number of ether oxygens (including phenoxy) is 1. The molecule has 1 aliphatic carbocycles. The lowest BCUT2D eigenvalue weighted by atomic mass is 9.70. The van der Waals surface area contributed by atoms with Crippen molar-refractivity contribution in [1.29, 1.82) is 0 Å². The molecule has 0 radical (unpaired) electrons. The maximum atomic E-state index is 10.8. The quantitative estimate of drug-likeness (QED) is 0.406. The number of aldehydes is 1. The van der Waals surface area contributed by atoms with E-state index in [1.54, 1.807) is 7.11 Å². The van der Waals surface area contributed by atoms with E-state index in [2.05, 4.69) is 56.3 Å². The smallest absolute Gasteiger partial charge is 0.150 e. The number of methoxy groups -OCH3 is 1. The Balaban J connectivity index is 1.74. The summed E-state index contributed by atoms with van der Waals surface area (Å²) in [4.78, 5) is 10.8. The van der Waals surface area contributed by atoms with Crippen molar-refractivity contribution >= 4 is 18.4 Å². The van der Waals surface area contributed by atoms with Gasteiger partial charge in [-0.1, -0.05) is 68.5 Å². The molecule has 0 atom stereocenters. The van der Waals surface area contributed by atoms with Gasteiger partial charge in [0.15, 0.2) is 0 Å². The van der Waals surface area contributed by atoms with Gasteiger partial charge in [0, 0.05) is 5.56 Å². The summed E-state index contributed by atoms with van der Waals surface area (Å²) in [5.74, 6) is 0.889. The lowest BCUT2D eigenvalue weighted by Gasteiger charge is -2.34. The summed E-state index contributed by atoms with van der Waals surface area (Å²) in [6.45, 7) is 4.62. The Morgan fingerprint density at radius 1 is 0.821 bits per heavy atom. The molecule has 28 heavy (non-hydrogen) atoms. The third-order valence-corrected chi connectivity index (χ3v) is 5.55. The lowest BCUT2D eigenvalue weighted by molar-refractivity contribution is 0.112. The van der Waals surface area contributed by atoms with E-state index in [4.69, 9.17) is 4.74 Å². The number of hydrogen-bond acceptors (Lipinski definition) is 2. The fourth-order valence-electron chi connectivity index (χ4n) is 4.02. The molecule has 0 saturated carbocycles. The average molecular weight is 368 g/mol. The molecule has 0 bridgehead atoms. The zero-order valence-corrected chi connectivity index (χ0v) is 16.5. The van der Waals surface area contributed by atoms with Gasteiger partial charge in [-0.05, 0) is 63.4 Å². The van der Waals surface area contributed by atoms with Crippen molar-refractivity contribution in [3.05, 3.63) is 88.5 Å². The Bertz CT molecular complexity index is 1060. The number of hydrogen-bond donors (Lipinski definition) is 0. The van der Waals surface area contributed by atoms with Gasteiger partial charge in [0.05, 0.1) is 7.11 Å². The minimum Gasteiger partial charge on any atom is -0.497 e. The van der Waals surface area contributed by atoms with Gasteiger partial charge in [0.1, 0.15) is 12.0 Å². The zero-order valence-electron chi connectivity index (χ0n) is 16.5. The van der Waals surface area contributed by atoms with E-state index in [1.807, 2.05) is 30.3 Å². The highest BCUT2D eigenvalue weighted by molar-refractivity contribution is 5.81. The van der Waals surface area contributed by atoms with Crippen molar-refractivity contribution < 1.29 is 9.53 Å². The SMILES string of the molecule is COc1ccc2c(c1)-c1cc(C=Cc3ccc(C=O)cc3)ccc1C(C)(C)C2. The van der Waals surface area contributed by atoms with Crippen LogP contribution in [-0.2, 0) is 11.8 Å². The second-order valence-electron chi connectivity index (χ2n) is 8.01. The first-order valence-corrected chi connectivity index (χ1v) is 9.55. The first-order chi connectivity index (χ1) is 13.5. The van der Waals surface area contributed by atoms with Gasteiger partial charge < -0.3 is 4.74 Å². The maximum Gasteiger partial charge on any atom is 0.150 e. The van der Waals surface area contributed by atoms with Crippen LogP contribution in [0.2, 0.25) is 0 Å². The van der Waals surface area contributed by atoms with E-state index in [0.717, 1.165) is 29.6 Å². The molecule has 0 heterocycles. The van der Waals surface area contributed by atoms with Crippen LogP contribution in [0.3, 0.4) is 0 Å². The van der Waals surface area contributed by atoms with Crippen LogP contribution in [0.5, 0.6) is 5.75 Å². The van der Waals surface area contributed by atoms with Crippen LogP contribution >= 0.6 is 0 Å². The predicted octanol–water partition coefficient (Wildman–Crippen LogP) is 6.18. The summed E-state index contributed by atoms with van der Waals surface area (Å²) >= 11 is 0. The van der Waals surface area contributed by atoms with Gasteiger partial charge in [-0.2, -0.15) is 0 Å². The van der Waals surface area contributed by atoms with Crippen molar-refractivity contribution in [3.63, 3.8) is 0 Å². The van der Waals surface area contributed by atoms with E-state index in [1.165, 1.54) is 22.3 Å². The van der Waals surface area contributed by atoms with Gasteiger partial charge in [-0.15, -0.1) is 0 Å². The van der Waals surface area contributed by atoms with Gasteiger partial charge in [-0.25, -0.2) is 0 Å². The zero-order chi connectivity index (χ0) is 19.7. The second kappa shape index (κ2) is 7.12. The minimum atomic E-state index is 0.101. The van der Waals surface area contributed by atoms with Crippen molar-refractivity contribution in [3.8, 4) is 16.9 Å². The largest absolute Gasteiger partial charge is 0.497 e. The molecule has 0 fully saturated rings. The third-order valence-electron chi connectivity index (χ3n) is 5.55. The van der Waals surface area contributed by atoms with E-state index in [-0.39, 0.29) is 5.41 Å². The van der Waals surface area contributed by atoms with Gasteiger partial charge in [0.25, 0.3) is 0 Å². The molecule has 0 aliphatic heterocycles. The molecule has 0 aromatic heterocycles. The molecular weight excluding hydrogens is 344 g/mol. The summed E-state index contributed by atoms with van der Waals surface area (Å²) in [6, 6.07) is 20.7. The number of fused-ring (bicyclic) bond motifs is 3. The number of rotatable bonds is 4. The van der Waals surface area contributed by atoms with Crippen LogP contribution in [0.4, 0.5) is 0 Å². The minimum absolute atomic E-state index is 0.101. The fourth-order valence-corrected chi connectivity index (χ4v) is 4.02. The van der Waals surface area contributed by atoms with E-state index in [0.29, 0.717) is 5.56 Å². The molecule has 0 spiro atoms. The Kier molecular flexibility index (Phi) is 4.64. The summed E-state index contributed by atoms with van der Waals surface area (Å²) in [5, 5.41) is 0. The maximum absolute atomic E-state index is 10.8. The number of benzene rings is 3. The summed E-state index contributed by atoms with van der Waals surface area (Å²) in [7, 11) is 1.71. The topological polar surface area (TPSA) is 26.3 Å². The first kappa shape index (κ1) is 18.2. The highest BCUT2D eigenvalue weighted by Crippen LogP contribution is 2.44. The third kappa shape index (κ3) is 3.38. The Morgan fingerprint density at radius 3 is 2.21 bits per heavy atom. The highest BCUT2D eigenvalue weighted by Gasteiger charge is 2.31. The molecule has 140 valence electrons. The van der Waals surface area contributed by atoms with E-state index < -0.39 is 0 Å². The summed E-state index contributed by atoms with van der Waals surface area (Å²) in [5.41, 5.74) is 8.31. The number of carbonyl (C=O) groups is 1. The van der Waals surface area contributed by atoms with Crippen molar-refractivity contribution in [2.45, 2.75) is 25.7 Å². The monoisotopic (exact) mass is 368 g/mol. The standard InChI is InChI=1S/C26H24O2/c1-26(2)16-21-11-12-22(28-3)15-23(21)24-14-19(10-13-25(24)26)7-4-18-5-8-20(17-27)9-6-18/h4-15,17H,16H2,1-3H3. The van der Waals surface area contributed by atoms with Crippen LogP contribution in [0.15, 0.2) is 60.7 Å². The Labute approximate surface area is 166 Å². The van der Waals surface area contributed by atoms with Crippen molar-refractivity contribution in [2.24, 2.45) is 0 Å². The van der Waals surface area contributed by atoms with Crippen molar-refractivity contribution in [1.82, 2.24) is 0 Å². The van der Waals surface area contributed by atoms with Gasteiger partial charge in [0.2, 0.25) is 0 Å². The molecule has 3 aromatic carbocycles. The Morgan fingerprint density at radius 2 is 1.50 bits per heavy atom. The van der Waals surface area contributed by atoms with Gasteiger partial charge in [-0.3, -0.25) is 4.79 Å². The lowest BCUT2D eigenvalue weighted by Crippen LogP contribution is -2.25. The van der Waals surface area contributed by atoms with Crippen LogP contribution in [0.25, 0.3) is 23.3 Å². The number of carbonyl (C=O) groups excluding carboxylic acids is 1. The molecule has 1 aliphatic rings. The molecule has 0 N–H and O–H groups in total. The molecular formula is C26H24O2. The molecule has 3 aromatic rings. The fraction of sp³-hybridized carbons (Fsp3) is 0.192.